The van der Waals surface area contributed by atoms with Crippen LogP contribution in [0.15, 0.2) is 41.7 Å². The molecule has 8 nitrogen and oxygen atoms in total. The van der Waals surface area contributed by atoms with Crippen molar-refractivity contribution >= 4 is 38.2 Å². The topological polar surface area (TPSA) is 103 Å². The van der Waals surface area contributed by atoms with Crippen molar-refractivity contribution in [2.45, 2.75) is 24.7 Å². The predicted molar refractivity (Wildman–Crippen MR) is 110 cm³/mol. The van der Waals surface area contributed by atoms with Gasteiger partial charge in [-0.3, -0.25) is 0 Å². The lowest BCUT2D eigenvalue weighted by Crippen LogP contribution is -2.34. The molecule has 3 aromatic rings. The Morgan fingerprint density at radius 2 is 2.11 bits per heavy atom. The van der Waals surface area contributed by atoms with E-state index in [-0.39, 0.29) is 4.90 Å². The van der Waals surface area contributed by atoms with Gasteiger partial charge in [-0.15, -0.1) is 0 Å². The van der Waals surface area contributed by atoms with Crippen molar-refractivity contribution in [3.63, 3.8) is 0 Å². The maximum atomic E-state index is 12.3. The summed E-state index contributed by atoms with van der Waals surface area (Å²) in [4.78, 5) is 14.2. The Labute approximate surface area is 164 Å². The second kappa shape index (κ2) is 7.40. The van der Waals surface area contributed by atoms with Gasteiger partial charge in [0.2, 0.25) is 10.0 Å². The average molecular weight is 401 g/mol. The number of benzene rings is 1. The lowest BCUT2D eigenvalue weighted by molar-refractivity contribution is 0.447. The SMILES string of the molecule is CNS(=O)(=O)c1ccc(N2CCCC(C)C2)c(Nc2ncnc3[nH]ccc23)c1. The highest BCUT2D eigenvalue weighted by atomic mass is 32.2. The molecule has 2 aromatic heterocycles. The van der Waals surface area contributed by atoms with Crippen LogP contribution < -0.4 is 14.9 Å². The number of sulfonamides is 1. The zero-order valence-electron chi connectivity index (χ0n) is 15.9. The minimum absolute atomic E-state index is 0.214. The molecule has 1 aromatic carbocycles. The molecule has 28 heavy (non-hydrogen) atoms. The third kappa shape index (κ3) is 3.55. The fourth-order valence-electron chi connectivity index (χ4n) is 3.68. The Morgan fingerprint density at radius 1 is 1.25 bits per heavy atom. The van der Waals surface area contributed by atoms with Gasteiger partial charge in [-0.25, -0.2) is 23.1 Å². The van der Waals surface area contributed by atoms with Gasteiger partial charge in [0.1, 0.15) is 17.8 Å². The van der Waals surface area contributed by atoms with Crippen LogP contribution in [0.1, 0.15) is 19.8 Å². The molecule has 4 rings (SSSR count). The summed E-state index contributed by atoms with van der Waals surface area (Å²) in [6.07, 6.45) is 5.62. The fraction of sp³-hybridized carbons (Fsp3) is 0.368. The van der Waals surface area contributed by atoms with Crippen LogP contribution in [0, 0.1) is 5.92 Å². The van der Waals surface area contributed by atoms with E-state index in [9.17, 15) is 8.42 Å². The summed E-state index contributed by atoms with van der Waals surface area (Å²) in [6.45, 7) is 4.13. The van der Waals surface area contributed by atoms with E-state index in [0.29, 0.717) is 17.4 Å². The molecule has 0 bridgehead atoms. The van der Waals surface area contributed by atoms with Gasteiger partial charge in [0.15, 0.2) is 0 Å². The number of fused-ring (bicyclic) bond motifs is 1. The Bertz CT molecular complexity index is 1090. The van der Waals surface area contributed by atoms with Crippen molar-refractivity contribution in [3.05, 3.63) is 36.8 Å². The van der Waals surface area contributed by atoms with E-state index >= 15 is 0 Å². The molecule has 148 valence electrons. The van der Waals surface area contributed by atoms with Crippen molar-refractivity contribution in [3.8, 4) is 0 Å². The van der Waals surface area contributed by atoms with E-state index in [1.807, 2.05) is 12.1 Å². The molecule has 9 heteroatoms. The number of aromatic nitrogens is 3. The molecule has 3 heterocycles. The summed E-state index contributed by atoms with van der Waals surface area (Å²) in [6, 6.07) is 7.09. The van der Waals surface area contributed by atoms with Crippen LogP contribution in [-0.2, 0) is 10.0 Å². The smallest absolute Gasteiger partial charge is 0.240 e. The molecule has 1 fully saturated rings. The Morgan fingerprint density at radius 3 is 2.89 bits per heavy atom. The van der Waals surface area contributed by atoms with Crippen molar-refractivity contribution in [2.75, 3.05) is 30.4 Å². The standard InChI is InChI=1S/C19H24N6O2S/c1-13-4-3-9-25(11-13)17-6-5-14(28(26,27)20-2)10-16(17)24-19-15-7-8-21-18(15)22-12-23-19/h5-8,10,12-13,20H,3-4,9,11H2,1-2H3,(H2,21,22,23,24). The quantitative estimate of drug-likeness (QED) is 0.609. The molecule has 3 N–H and O–H groups in total. The van der Waals surface area contributed by atoms with Gasteiger partial charge in [0.05, 0.1) is 21.7 Å². The van der Waals surface area contributed by atoms with Gasteiger partial charge in [-0.05, 0) is 50.1 Å². The molecule has 1 saturated heterocycles. The monoisotopic (exact) mass is 400 g/mol. The van der Waals surface area contributed by atoms with E-state index < -0.39 is 10.0 Å². The van der Waals surface area contributed by atoms with Gasteiger partial charge in [-0.2, -0.15) is 0 Å². The number of H-pyrrole nitrogens is 1. The summed E-state index contributed by atoms with van der Waals surface area (Å²) >= 11 is 0. The summed E-state index contributed by atoms with van der Waals surface area (Å²) in [5.41, 5.74) is 2.42. The minimum Gasteiger partial charge on any atom is -0.370 e. The first-order valence-corrected chi connectivity index (χ1v) is 10.8. The Kier molecular flexibility index (Phi) is 4.94. The number of nitrogens with one attached hydrogen (secondary N) is 3. The highest BCUT2D eigenvalue weighted by Crippen LogP contribution is 2.34. The molecule has 0 spiro atoms. The molecule has 0 amide bonds. The van der Waals surface area contributed by atoms with Crippen molar-refractivity contribution in [2.24, 2.45) is 5.92 Å². The number of hydrogen-bond donors (Lipinski definition) is 3. The minimum atomic E-state index is -3.55. The maximum Gasteiger partial charge on any atom is 0.240 e. The third-order valence-corrected chi connectivity index (χ3v) is 6.56. The van der Waals surface area contributed by atoms with E-state index in [1.165, 1.54) is 19.8 Å². The summed E-state index contributed by atoms with van der Waals surface area (Å²) in [5.74, 6) is 1.23. The summed E-state index contributed by atoms with van der Waals surface area (Å²) < 4.78 is 27.0. The lowest BCUT2D eigenvalue weighted by atomic mass is 9.99. The zero-order valence-corrected chi connectivity index (χ0v) is 16.8. The van der Waals surface area contributed by atoms with E-state index in [0.717, 1.165) is 36.2 Å². The first-order chi connectivity index (χ1) is 13.5. The molecule has 1 aliphatic rings. The van der Waals surface area contributed by atoms with Gasteiger partial charge in [0.25, 0.3) is 0 Å². The van der Waals surface area contributed by atoms with Crippen molar-refractivity contribution in [1.82, 2.24) is 19.7 Å². The number of piperidine rings is 1. The highest BCUT2D eigenvalue weighted by Gasteiger charge is 2.22. The van der Waals surface area contributed by atoms with E-state index in [1.54, 1.807) is 18.3 Å². The normalized spacial score (nSPS) is 17.8. The van der Waals surface area contributed by atoms with Crippen LogP contribution in [0.2, 0.25) is 0 Å². The van der Waals surface area contributed by atoms with Crippen LogP contribution in [-0.4, -0.2) is 43.5 Å². The second-order valence-corrected chi connectivity index (χ2v) is 9.05. The molecule has 0 radical (unpaired) electrons. The van der Waals surface area contributed by atoms with Gasteiger partial charge < -0.3 is 15.2 Å². The van der Waals surface area contributed by atoms with Gasteiger partial charge in [0, 0.05) is 19.3 Å². The van der Waals surface area contributed by atoms with E-state index in [2.05, 4.69) is 36.8 Å². The van der Waals surface area contributed by atoms with Crippen LogP contribution >= 0.6 is 0 Å². The number of nitrogens with zero attached hydrogens (tertiary/aromatic N) is 3. The molecule has 0 aliphatic carbocycles. The zero-order chi connectivity index (χ0) is 19.7. The summed E-state index contributed by atoms with van der Waals surface area (Å²) in [5, 5.41) is 4.19. The number of anilines is 3. The predicted octanol–water partition coefficient (Wildman–Crippen LogP) is 2.85. The number of hydrogen-bond acceptors (Lipinski definition) is 6. The van der Waals surface area contributed by atoms with Crippen LogP contribution in [0.25, 0.3) is 11.0 Å². The largest absolute Gasteiger partial charge is 0.370 e. The van der Waals surface area contributed by atoms with Gasteiger partial charge >= 0.3 is 0 Å². The first kappa shape index (κ1) is 18.7. The highest BCUT2D eigenvalue weighted by molar-refractivity contribution is 7.89. The Hall–Kier alpha value is -2.65. The fourth-order valence-corrected chi connectivity index (χ4v) is 4.44. The second-order valence-electron chi connectivity index (χ2n) is 7.17. The van der Waals surface area contributed by atoms with Crippen LogP contribution in [0.5, 0.6) is 0 Å². The summed E-state index contributed by atoms with van der Waals surface area (Å²) in [7, 11) is -2.14. The lowest BCUT2D eigenvalue weighted by Gasteiger charge is -2.34. The maximum absolute atomic E-state index is 12.3. The molecule has 0 saturated carbocycles. The molecule has 1 unspecified atom stereocenters. The molecular formula is C19H24N6O2S. The van der Waals surface area contributed by atoms with Crippen LogP contribution in [0.3, 0.4) is 0 Å². The average Bonchev–Trinajstić information content (AvgIpc) is 3.18. The van der Waals surface area contributed by atoms with Gasteiger partial charge in [-0.1, -0.05) is 6.92 Å². The molecule has 1 atom stereocenters. The Balaban J connectivity index is 1.79. The third-order valence-electron chi connectivity index (χ3n) is 5.15. The van der Waals surface area contributed by atoms with Crippen molar-refractivity contribution in [1.29, 1.82) is 0 Å². The number of aromatic amines is 1. The number of rotatable bonds is 5. The first-order valence-electron chi connectivity index (χ1n) is 9.35. The molecule has 1 aliphatic heterocycles. The van der Waals surface area contributed by atoms with Crippen LogP contribution in [0.4, 0.5) is 17.2 Å². The molecular weight excluding hydrogens is 376 g/mol. The van der Waals surface area contributed by atoms with E-state index in [4.69, 9.17) is 0 Å². The van der Waals surface area contributed by atoms with Crippen molar-refractivity contribution < 1.29 is 8.42 Å².